The van der Waals surface area contributed by atoms with E-state index < -0.39 is 0 Å². The Balaban J connectivity index is 2.21. The Hall–Kier alpha value is -3.02. The Bertz CT molecular complexity index is 799. The number of carbonyl (C=O) groups is 2. The largest absolute Gasteiger partial charge is 0.489 e. The van der Waals surface area contributed by atoms with E-state index in [9.17, 15) is 9.59 Å². The molecule has 2 aromatic rings. The molecule has 0 spiro atoms. The number of amides is 2. The Morgan fingerprint density at radius 1 is 1.04 bits per heavy atom. The highest BCUT2D eigenvalue weighted by Crippen LogP contribution is 2.28. The molecule has 0 aliphatic rings. The summed E-state index contributed by atoms with van der Waals surface area (Å²) in [5, 5.41) is 5.66. The molecule has 0 atom stereocenters. The summed E-state index contributed by atoms with van der Waals surface area (Å²) in [6, 6.07) is 12.6. The van der Waals surface area contributed by atoms with Gasteiger partial charge in [0.2, 0.25) is 5.91 Å². The number of hydrogen-bond acceptors (Lipinski definition) is 4. The van der Waals surface area contributed by atoms with Gasteiger partial charge in [-0.05, 0) is 56.3 Å². The molecule has 2 aromatic carbocycles. The Labute approximate surface area is 160 Å². The van der Waals surface area contributed by atoms with Crippen LogP contribution in [0.5, 0.6) is 5.75 Å². The summed E-state index contributed by atoms with van der Waals surface area (Å²) in [7, 11) is 3.92. The molecule has 6 heteroatoms. The first-order valence-corrected chi connectivity index (χ1v) is 8.99. The van der Waals surface area contributed by atoms with Crippen molar-refractivity contribution in [3.63, 3.8) is 0 Å². The van der Waals surface area contributed by atoms with Gasteiger partial charge < -0.3 is 20.3 Å². The number of hydrogen-bond donors (Lipinski definition) is 2. The quantitative estimate of drug-likeness (QED) is 0.769. The van der Waals surface area contributed by atoms with Gasteiger partial charge in [0.25, 0.3) is 5.91 Å². The van der Waals surface area contributed by atoms with Crippen LogP contribution in [0.25, 0.3) is 0 Å². The zero-order chi connectivity index (χ0) is 20.0. The molecule has 2 N–H and O–H groups in total. The van der Waals surface area contributed by atoms with Crippen molar-refractivity contribution in [3.8, 4) is 5.75 Å². The molecule has 0 aromatic heterocycles. The summed E-state index contributed by atoms with van der Waals surface area (Å²) in [6.07, 6.45) is 0.299. The van der Waals surface area contributed by atoms with Crippen LogP contribution in [-0.2, 0) is 4.79 Å². The van der Waals surface area contributed by atoms with E-state index in [1.54, 1.807) is 25.1 Å². The maximum atomic E-state index is 12.6. The van der Waals surface area contributed by atoms with Crippen molar-refractivity contribution in [1.29, 1.82) is 0 Å². The smallest absolute Gasteiger partial charge is 0.255 e. The lowest BCUT2D eigenvalue weighted by atomic mass is 10.1. The van der Waals surface area contributed by atoms with Crippen LogP contribution in [0.2, 0.25) is 0 Å². The first kappa shape index (κ1) is 20.3. The van der Waals surface area contributed by atoms with Crippen LogP contribution in [0, 0.1) is 0 Å². The van der Waals surface area contributed by atoms with Gasteiger partial charge in [-0.2, -0.15) is 0 Å². The molecular weight excluding hydrogens is 342 g/mol. The Morgan fingerprint density at radius 3 is 2.26 bits per heavy atom. The molecule has 2 rings (SSSR count). The Kier molecular flexibility index (Phi) is 6.82. The number of carbonyl (C=O) groups excluding carboxylic acids is 2. The highest BCUT2D eigenvalue weighted by Gasteiger charge is 2.14. The van der Waals surface area contributed by atoms with Gasteiger partial charge in [-0.15, -0.1) is 0 Å². The molecule has 144 valence electrons. The van der Waals surface area contributed by atoms with Crippen LogP contribution in [0.4, 0.5) is 17.1 Å². The summed E-state index contributed by atoms with van der Waals surface area (Å²) in [6.45, 7) is 5.58. The van der Waals surface area contributed by atoms with Gasteiger partial charge in [-0.3, -0.25) is 9.59 Å². The molecule has 0 saturated heterocycles. The van der Waals surface area contributed by atoms with E-state index in [0.29, 0.717) is 29.1 Å². The second-order valence-corrected chi connectivity index (χ2v) is 6.67. The van der Waals surface area contributed by atoms with Crippen LogP contribution in [0.3, 0.4) is 0 Å². The fourth-order valence-electron chi connectivity index (χ4n) is 2.41. The first-order chi connectivity index (χ1) is 12.8. The summed E-state index contributed by atoms with van der Waals surface area (Å²) in [5.41, 5.74) is 2.68. The number of nitrogens with zero attached hydrogens (tertiary/aromatic N) is 1. The molecule has 2 amide bonds. The summed E-state index contributed by atoms with van der Waals surface area (Å²) in [4.78, 5) is 26.4. The highest BCUT2D eigenvalue weighted by atomic mass is 16.5. The van der Waals surface area contributed by atoms with Crippen LogP contribution in [0.15, 0.2) is 42.5 Å². The fourth-order valence-corrected chi connectivity index (χ4v) is 2.41. The predicted octanol–water partition coefficient (Wildman–Crippen LogP) is 4.14. The highest BCUT2D eigenvalue weighted by molar-refractivity contribution is 6.05. The average molecular weight is 369 g/mol. The van der Waals surface area contributed by atoms with E-state index >= 15 is 0 Å². The van der Waals surface area contributed by atoms with Gasteiger partial charge in [0.05, 0.1) is 11.8 Å². The van der Waals surface area contributed by atoms with Gasteiger partial charge >= 0.3 is 0 Å². The third kappa shape index (κ3) is 5.74. The lowest BCUT2D eigenvalue weighted by Gasteiger charge is -2.16. The molecule has 0 bridgehead atoms. The normalized spacial score (nSPS) is 10.4. The molecule has 0 fully saturated rings. The minimum atomic E-state index is -0.254. The van der Waals surface area contributed by atoms with E-state index in [-0.39, 0.29) is 17.9 Å². The maximum absolute atomic E-state index is 12.6. The fraction of sp³-hybridized carbons (Fsp3) is 0.333. The van der Waals surface area contributed by atoms with Gasteiger partial charge in [0, 0.05) is 37.5 Å². The van der Waals surface area contributed by atoms with Crippen LogP contribution < -0.4 is 20.3 Å². The number of anilines is 3. The van der Waals surface area contributed by atoms with Crippen LogP contribution >= 0.6 is 0 Å². The van der Waals surface area contributed by atoms with Crippen molar-refractivity contribution in [3.05, 3.63) is 48.0 Å². The lowest BCUT2D eigenvalue weighted by molar-refractivity contribution is -0.115. The van der Waals surface area contributed by atoms with Crippen molar-refractivity contribution in [1.82, 2.24) is 0 Å². The lowest BCUT2D eigenvalue weighted by Crippen LogP contribution is -2.16. The van der Waals surface area contributed by atoms with Crippen molar-refractivity contribution >= 4 is 28.9 Å². The Morgan fingerprint density at radius 2 is 1.70 bits per heavy atom. The number of benzene rings is 2. The van der Waals surface area contributed by atoms with Gasteiger partial charge in [-0.1, -0.05) is 6.92 Å². The minimum absolute atomic E-state index is 0.0443. The molecule has 0 saturated carbocycles. The molecule has 27 heavy (non-hydrogen) atoms. The molecule has 0 heterocycles. The summed E-state index contributed by atoms with van der Waals surface area (Å²) >= 11 is 0. The van der Waals surface area contributed by atoms with Gasteiger partial charge in [0.15, 0.2) is 0 Å². The van der Waals surface area contributed by atoms with Crippen molar-refractivity contribution in [2.45, 2.75) is 33.3 Å². The molecule has 0 aliphatic carbocycles. The zero-order valence-corrected chi connectivity index (χ0v) is 16.5. The minimum Gasteiger partial charge on any atom is -0.489 e. The molecule has 0 aliphatic heterocycles. The second-order valence-electron chi connectivity index (χ2n) is 6.67. The van der Waals surface area contributed by atoms with Crippen LogP contribution in [-0.4, -0.2) is 32.0 Å². The monoisotopic (exact) mass is 369 g/mol. The maximum Gasteiger partial charge on any atom is 0.255 e. The molecule has 0 unspecified atom stereocenters. The number of nitrogens with one attached hydrogen (secondary N) is 2. The van der Waals surface area contributed by atoms with Crippen LogP contribution in [0.1, 0.15) is 37.6 Å². The van der Waals surface area contributed by atoms with Crippen molar-refractivity contribution in [2.24, 2.45) is 0 Å². The topological polar surface area (TPSA) is 70.7 Å². The number of ether oxygens (including phenoxy) is 1. The van der Waals surface area contributed by atoms with E-state index in [1.807, 2.05) is 57.1 Å². The SMILES string of the molecule is CCC(=O)Nc1cc(C(=O)Nc2ccc(N(C)C)cc2)ccc1OC(C)C. The summed E-state index contributed by atoms with van der Waals surface area (Å²) in [5.74, 6) is 0.148. The van der Waals surface area contributed by atoms with Gasteiger partial charge in [-0.25, -0.2) is 0 Å². The average Bonchev–Trinajstić information content (AvgIpc) is 2.63. The van der Waals surface area contributed by atoms with E-state index in [1.165, 1.54) is 0 Å². The van der Waals surface area contributed by atoms with Gasteiger partial charge in [0.1, 0.15) is 5.75 Å². The van der Waals surface area contributed by atoms with E-state index in [0.717, 1.165) is 5.69 Å². The predicted molar refractivity (Wildman–Crippen MR) is 110 cm³/mol. The van der Waals surface area contributed by atoms with E-state index in [2.05, 4.69) is 10.6 Å². The second kappa shape index (κ2) is 9.07. The third-order valence-electron chi connectivity index (χ3n) is 3.84. The summed E-state index contributed by atoms with van der Waals surface area (Å²) < 4.78 is 5.73. The van der Waals surface area contributed by atoms with Crippen molar-refractivity contribution < 1.29 is 14.3 Å². The van der Waals surface area contributed by atoms with Crippen molar-refractivity contribution in [2.75, 3.05) is 29.6 Å². The zero-order valence-electron chi connectivity index (χ0n) is 16.5. The third-order valence-corrected chi connectivity index (χ3v) is 3.84. The molecule has 6 nitrogen and oxygen atoms in total. The first-order valence-electron chi connectivity index (χ1n) is 8.99. The molecule has 0 radical (unpaired) electrons. The molecular formula is C21H27N3O3. The standard InChI is InChI=1S/C21H27N3O3/c1-6-20(25)23-18-13-15(7-12-19(18)27-14(2)3)21(26)22-16-8-10-17(11-9-16)24(4)5/h7-14H,6H2,1-5H3,(H,22,26)(H,23,25). The number of rotatable bonds is 7. The van der Waals surface area contributed by atoms with E-state index in [4.69, 9.17) is 4.74 Å².